The number of carbonyl (C=O) groups excluding carboxylic acids is 2. The normalized spacial score (nSPS) is 13.1. The molecule has 2 amide bonds. The molecule has 1 unspecified atom stereocenters. The summed E-state index contributed by atoms with van der Waals surface area (Å²) in [6.07, 6.45) is -0.212. The quantitative estimate of drug-likeness (QED) is 0.388. The lowest BCUT2D eigenvalue weighted by Crippen LogP contribution is -2.50. The number of aliphatic carboxylic acids is 2. The molecule has 0 saturated heterocycles. The van der Waals surface area contributed by atoms with E-state index in [9.17, 15) is 19.2 Å². The third-order valence-corrected chi connectivity index (χ3v) is 2.08. The molecule has 19 heavy (non-hydrogen) atoms. The maximum absolute atomic E-state index is 11.4. The fourth-order valence-corrected chi connectivity index (χ4v) is 1.19. The first-order chi connectivity index (χ1) is 8.90. The van der Waals surface area contributed by atoms with Gasteiger partial charge in [-0.2, -0.15) is 0 Å². The van der Waals surface area contributed by atoms with Gasteiger partial charge in [-0.1, -0.05) is 0 Å². The number of aldehydes is 1. The summed E-state index contributed by atoms with van der Waals surface area (Å²) in [5.74, 6) is -2.52. The van der Waals surface area contributed by atoms with Crippen molar-refractivity contribution in [2.24, 2.45) is 0 Å². The van der Waals surface area contributed by atoms with Crippen molar-refractivity contribution in [1.82, 2.24) is 10.6 Å². The monoisotopic (exact) mass is 276 g/mol. The Morgan fingerprint density at radius 1 is 1.26 bits per heavy atom. The minimum absolute atomic E-state index is 0.0518. The van der Waals surface area contributed by atoms with Crippen LogP contribution in [0, 0.1) is 0 Å². The molecular formula is C10H16N2O7. The van der Waals surface area contributed by atoms with Crippen molar-refractivity contribution in [3.8, 4) is 0 Å². The topological polar surface area (TPSA) is 142 Å². The van der Waals surface area contributed by atoms with Gasteiger partial charge in [-0.3, -0.25) is 4.79 Å². The molecule has 0 aliphatic rings. The molecule has 0 radical (unpaired) electrons. The van der Waals surface area contributed by atoms with Crippen LogP contribution in [0.2, 0.25) is 0 Å². The van der Waals surface area contributed by atoms with Gasteiger partial charge in [0.25, 0.3) is 0 Å². The Labute approximate surface area is 108 Å². The van der Waals surface area contributed by atoms with E-state index in [4.69, 9.17) is 10.2 Å². The van der Waals surface area contributed by atoms with Crippen LogP contribution in [-0.4, -0.2) is 60.3 Å². The highest BCUT2D eigenvalue weighted by Crippen LogP contribution is 1.98. The van der Waals surface area contributed by atoms with E-state index in [-0.39, 0.29) is 13.0 Å². The molecule has 2 atom stereocenters. The highest BCUT2D eigenvalue weighted by Gasteiger charge is 2.22. The van der Waals surface area contributed by atoms with Crippen LogP contribution in [0.3, 0.4) is 0 Å². The molecule has 4 N–H and O–H groups in total. The molecule has 0 aromatic heterocycles. The Balaban J connectivity index is 4.33. The molecule has 0 fully saturated rings. The van der Waals surface area contributed by atoms with Crippen LogP contribution < -0.4 is 10.6 Å². The van der Waals surface area contributed by atoms with E-state index in [0.717, 1.165) is 0 Å². The van der Waals surface area contributed by atoms with Crippen LogP contribution in [0.5, 0.6) is 0 Å². The molecule has 9 heteroatoms. The smallest absolute Gasteiger partial charge is 0.326 e. The van der Waals surface area contributed by atoms with Crippen LogP contribution in [0.4, 0.5) is 4.79 Å². The molecule has 0 aliphatic heterocycles. The summed E-state index contributed by atoms with van der Waals surface area (Å²) in [5.41, 5.74) is 0. The van der Waals surface area contributed by atoms with Crippen molar-refractivity contribution in [2.75, 3.05) is 13.7 Å². The number of ether oxygens (including phenoxy) is 1. The van der Waals surface area contributed by atoms with Gasteiger partial charge in [-0.25, -0.2) is 9.59 Å². The van der Waals surface area contributed by atoms with E-state index in [1.165, 1.54) is 7.11 Å². The minimum atomic E-state index is -1.36. The maximum Gasteiger partial charge on any atom is 0.326 e. The molecule has 0 heterocycles. The summed E-state index contributed by atoms with van der Waals surface area (Å²) in [6, 6.07) is -3.13. The Bertz CT molecular complexity index is 345. The SMILES string of the molecule is COC[C@@H](C=O)NC(=O)NC(CCC(=O)O)C(=O)O. The van der Waals surface area contributed by atoms with Crippen molar-refractivity contribution in [2.45, 2.75) is 24.9 Å². The summed E-state index contributed by atoms with van der Waals surface area (Å²) in [7, 11) is 1.34. The van der Waals surface area contributed by atoms with Gasteiger partial charge in [0.2, 0.25) is 0 Å². The van der Waals surface area contributed by atoms with Crippen molar-refractivity contribution < 1.29 is 34.1 Å². The molecule has 0 saturated carbocycles. The van der Waals surface area contributed by atoms with E-state index < -0.39 is 36.5 Å². The molecular weight excluding hydrogens is 260 g/mol. The van der Waals surface area contributed by atoms with Crippen LogP contribution in [0.25, 0.3) is 0 Å². The second kappa shape index (κ2) is 8.86. The summed E-state index contributed by atoms with van der Waals surface area (Å²) >= 11 is 0. The van der Waals surface area contributed by atoms with Crippen molar-refractivity contribution in [1.29, 1.82) is 0 Å². The van der Waals surface area contributed by atoms with Gasteiger partial charge in [0.05, 0.1) is 6.61 Å². The first kappa shape index (κ1) is 16.8. The molecule has 9 nitrogen and oxygen atoms in total. The molecule has 0 spiro atoms. The Kier molecular flexibility index (Phi) is 7.85. The van der Waals surface area contributed by atoms with E-state index in [1.54, 1.807) is 0 Å². The third-order valence-electron chi connectivity index (χ3n) is 2.08. The van der Waals surface area contributed by atoms with E-state index in [1.807, 2.05) is 0 Å². The van der Waals surface area contributed by atoms with Crippen molar-refractivity contribution in [3.05, 3.63) is 0 Å². The number of methoxy groups -OCH3 is 1. The van der Waals surface area contributed by atoms with Gasteiger partial charge in [0.1, 0.15) is 18.4 Å². The van der Waals surface area contributed by atoms with Gasteiger partial charge >= 0.3 is 18.0 Å². The zero-order valence-corrected chi connectivity index (χ0v) is 10.3. The minimum Gasteiger partial charge on any atom is -0.481 e. The van der Waals surface area contributed by atoms with Gasteiger partial charge in [-0.15, -0.1) is 0 Å². The Morgan fingerprint density at radius 2 is 1.89 bits per heavy atom. The lowest BCUT2D eigenvalue weighted by molar-refractivity contribution is -0.140. The number of hydrogen-bond acceptors (Lipinski definition) is 5. The van der Waals surface area contributed by atoms with Gasteiger partial charge in [0.15, 0.2) is 0 Å². The van der Waals surface area contributed by atoms with Gasteiger partial charge in [0, 0.05) is 13.5 Å². The zero-order valence-electron chi connectivity index (χ0n) is 10.3. The van der Waals surface area contributed by atoms with E-state index in [0.29, 0.717) is 6.29 Å². The standard InChI is InChI=1S/C10H16N2O7/c1-19-5-6(4-13)11-10(18)12-7(9(16)17)2-3-8(14)15/h4,6-7H,2-3,5H2,1H3,(H,14,15)(H,16,17)(H2,11,12,18)/t6-,7?/m1/s1. The van der Waals surface area contributed by atoms with Crippen LogP contribution in [0.15, 0.2) is 0 Å². The maximum atomic E-state index is 11.4. The average Bonchev–Trinajstić information content (AvgIpc) is 2.33. The number of rotatable bonds is 9. The number of carboxylic acid groups (broad SMARTS) is 2. The summed E-state index contributed by atoms with van der Waals surface area (Å²) < 4.78 is 4.66. The summed E-state index contributed by atoms with van der Waals surface area (Å²) in [6.45, 7) is -0.0518. The van der Waals surface area contributed by atoms with Crippen LogP contribution >= 0.6 is 0 Å². The fraction of sp³-hybridized carbons (Fsp3) is 0.600. The zero-order chi connectivity index (χ0) is 14.8. The van der Waals surface area contributed by atoms with Crippen molar-refractivity contribution in [3.63, 3.8) is 0 Å². The van der Waals surface area contributed by atoms with Crippen molar-refractivity contribution >= 4 is 24.3 Å². The number of nitrogens with one attached hydrogen (secondary N) is 2. The van der Waals surface area contributed by atoms with E-state index in [2.05, 4.69) is 15.4 Å². The highest BCUT2D eigenvalue weighted by atomic mass is 16.5. The van der Waals surface area contributed by atoms with E-state index >= 15 is 0 Å². The fourth-order valence-electron chi connectivity index (χ4n) is 1.19. The first-order valence-corrected chi connectivity index (χ1v) is 5.36. The summed E-state index contributed by atoms with van der Waals surface area (Å²) in [4.78, 5) is 43.1. The average molecular weight is 276 g/mol. The largest absolute Gasteiger partial charge is 0.481 e. The second-order valence-corrected chi connectivity index (χ2v) is 3.64. The third kappa shape index (κ3) is 7.71. The van der Waals surface area contributed by atoms with Gasteiger partial charge < -0.3 is 30.4 Å². The molecule has 0 aliphatic carbocycles. The number of amides is 2. The predicted octanol–water partition coefficient (Wildman–Crippen LogP) is -1.18. The molecule has 108 valence electrons. The number of urea groups is 1. The summed E-state index contributed by atoms with van der Waals surface area (Å²) in [5, 5.41) is 21.5. The van der Waals surface area contributed by atoms with Crippen LogP contribution in [-0.2, 0) is 19.1 Å². The van der Waals surface area contributed by atoms with Crippen LogP contribution in [0.1, 0.15) is 12.8 Å². The number of carboxylic acids is 2. The predicted molar refractivity (Wildman–Crippen MR) is 61.7 cm³/mol. The molecule has 0 bridgehead atoms. The highest BCUT2D eigenvalue weighted by molar-refractivity contribution is 5.84. The lowest BCUT2D eigenvalue weighted by Gasteiger charge is -2.16. The molecule has 0 aromatic rings. The Morgan fingerprint density at radius 3 is 2.32 bits per heavy atom. The second-order valence-electron chi connectivity index (χ2n) is 3.64. The van der Waals surface area contributed by atoms with Gasteiger partial charge in [-0.05, 0) is 6.42 Å². The first-order valence-electron chi connectivity index (χ1n) is 5.36. The molecule has 0 aromatic carbocycles. The number of carbonyl (C=O) groups is 4. The number of hydrogen-bond donors (Lipinski definition) is 4. The Hall–Kier alpha value is -2.16. The molecule has 0 rings (SSSR count). The lowest BCUT2D eigenvalue weighted by atomic mass is 10.1.